The van der Waals surface area contributed by atoms with E-state index in [1.807, 2.05) is 0 Å². The minimum Gasteiger partial charge on any atom is -0.462 e. The molecule has 6 nitrogen and oxygen atoms in total. The van der Waals surface area contributed by atoms with E-state index in [2.05, 4.69) is 74.7 Å². The number of esters is 1. The number of unbranched alkanes of at least 4 members (excludes halogenated alkanes) is 29. The summed E-state index contributed by atoms with van der Waals surface area (Å²) in [7, 11) is 0. The van der Waals surface area contributed by atoms with Gasteiger partial charge in [-0.1, -0.05) is 249 Å². The highest BCUT2D eigenvalue weighted by Gasteiger charge is 2.24. The molecule has 0 saturated heterocycles. The molecule has 0 bridgehead atoms. The zero-order valence-electron chi connectivity index (χ0n) is 42.0. The molecule has 63 heavy (non-hydrogen) atoms. The van der Waals surface area contributed by atoms with Crippen molar-refractivity contribution in [2.24, 2.45) is 0 Å². The summed E-state index contributed by atoms with van der Waals surface area (Å²) in [5.74, 6) is -0.531. The standard InChI is InChI=1S/C57H105NO5/c1-4-7-10-13-16-19-22-25-27-28-30-32-35-38-41-44-47-50-57(62)63-53(48-45-42-39-36-33-24-21-18-15-12-9-6-3)51-56(61)58-54(52-59)55(60)49-46-43-40-37-34-31-29-26-23-20-17-14-11-8-5-2/h16,19,25,27,30,32,38,41,53-55,59-60H,4-15,17-18,20-24,26,28-29,31,33-37,39-40,42-52H2,1-3H3,(H,58,61)/b19-16-,27-25-,32-30-,41-38-. The quantitative estimate of drug-likeness (QED) is 0.0321. The second kappa shape index (κ2) is 50.8. The van der Waals surface area contributed by atoms with Crippen LogP contribution in [0, 0.1) is 0 Å². The Kier molecular flexibility index (Phi) is 49.1. The molecule has 3 unspecified atom stereocenters. The first-order chi connectivity index (χ1) is 31.0. The largest absolute Gasteiger partial charge is 0.462 e. The highest BCUT2D eigenvalue weighted by atomic mass is 16.5. The maximum absolute atomic E-state index is 13.2. The number of carbonyl (C=O) groups excluding carboxylic acids is 2. The number of nitrogens with one attached hydrogen (secondary N) is 1. The van der Waals surface area contributed by atoms with Crippen LogP contribution in [0.3, 0.4) is 0 Å². The van der Waals surface area contributed by atoms with Gasteiger partial charge in [-0.15, -0.1) is 0 Å². The van der Waals surface area contributed by atoms with E-state index in [4.69, 9.17) is 4.74 Å². The SMILES string of the molecule is CCCCC/C=C\C/C=C\C/C=C\C/C=C\CCCC(=O)OC(CCCCCCCCCCCCCC)CC(=O)NC(CO)C(O)CCCCCCCCCCCCCCCCC. The zero-order chi connectivity index (χ0) is 45.9. The minimum absolute atomic E-state index is 0.0587. The Morgan fingerprint density at radius 2 is 0.810 bits per heavy atom. The summed E-state index contributed by atoms with van der Waals surface area (Å²) in [6.45, 7) is 6.46. The first-order valence-corrected chi connectivity index (χ1v) is 27.4. The topological polar surface area (TPSA) is 95.9 Å². The van der Waals surface area contributed by atoms with Crippen molar-refractivity contribution in [1.82, 2.24) is 5.32 Å². The highest BCUT2D eigenvalue weighted by molar-refractivity contribution is 5.77. The average Bonchev–Trinajstić information content (AvgIpc) is 3.28. The molecule has 3 N–H and O–H groups in total. The van der Waals surface area contributed by atoms with Crippen LogP contribution in [-0.2, 0) is 14.3 Å². The Hall–Kier alpha value is -2.18. The van der Waals surface area contributed by atoms with Crippen molar-refractivity contribution in [2.45, 2.75) is 296 Å². The second-order valence-electron chi connectivity index (χ2n) is 18.6. The molecule has 0 rings (SSSR count). The minimum atomic E-state index is -0.795. The lowest BCUT2D eigenvalue weighted by atomic mass is 10.0. The third-order valence-electron chi connectivity index (χ3n) is 12.4. The summed E-state index contributed by atoms with van der Waals surface area (Å²) in [5, 5.41) is 23.8. The van der Waals surface area contributed by atoms with Gasteiger partial charge in [-0.3, -0.25) is 9.59 Å². The molecule has 0 aromatic heterocycles. The molecule has 0 aliphatic heterocycles. The molecule has 0 fully saturated rings. The third-order valence-corrected chi connectivity index (χ3v) is 12.4. The molecule has 3 atom stereocenters. The van der Waals surface area contributed by atoms with Gasteiger partial charge in [0.1, 0.15) is 6.10 Å². The fourth-order valence-electron chi connectivity index (χ4n) is 8.25. The first-order valence-electron chi connectivity index (χ1n) is 27.4. The maximum atomic E-state index is 13.2. The van der Waals surface area contributed by atoms with Gasteiger partial charge < -0.3 is 20.3 Å². The zero-order valence-corrected chi connectivity index (χ0v) is 42.0. The monoisotopic (exact) mass is 884 g/mol. The Balaban J connectivity index is 4.59. The lowest BCUT2D eigenvalue weighted by molar-refractivity contribution is -0.151. The lowest BCUT2D eigenvalue weighted by Crippen LogP contribution is -2.46. The van der Waals surface area contributed by atoms with Crippen molar-refractivity contribution in [1.29, 1.82) is 0 Å². The Labute approximate surface area is 391 Å². The average molecular weight is 884 g/mol. The van der Waals surface area contributed by atoms with Gasteiger partial charge >= 0.3 is 5.97 Å². The highest BCUT2D eigenvalue weighted by Crippen LogP contribution is 2.18. The Morgan fingerprint density at radius 1 is 0.460 bits per heavy atom. The number of ether oxygens (including phenoxy) is 1. The Bertz CT molecular complexity index is 1080. The molecular weight excluding hydrogens is 779 g/mol. The first kappa shape index (κ1) is 60.8. The van der Waals surface area contributed by atoms with Gasteiger partial charge in [0.25, 0.3) is 0 Å². The van der Waals surface area contributed by atoms with Gasteiger partial charge in [-0.05, 0) is 64.2 Å². The molecule has 1 amide bonds. The van der Waals surface area contributed by atoms with Gasteiger partial charge in [-0.25, -0.2) is 0 Å². The molecule has 368 valence electrons. The van der Waals surface area contributed by atoms with E-state index < -0.39 is 18.2 Å². The van der Waals surface area contributed by atoms with Gasteiger partial charge in [-0.2, -0.15) is 0 Å². The van der Waals surface area contributed by atoms with Crippen molar-refractivity contribution < 1.29 is 24.5 Å². The number of carbonyl (C=O) groups is 2. The van der Waals surface area contributed by atoms with E-state index in [9.17, 15) is 19.8 Å². The fraction of sp³-hybridized carbons (Fsp3) is 0.825. The number of aliphatic hydroxyl groups excluding tert-OH is 2. The smallest absolute Gasteiger partial charge is 0.306 e. The third kappa shape index (κ3) is 46.2. The molecule has 0 saturated carbocycles. The van der Waals surface area contributed by atoms with Crippen molar-refractivity contribution in [3.05, 3.63) is 48.6 Å². The van der Waals surface area contributed by atoms with Crippen LogP contribution >= 0.6 is 0 Å². The summed E-state index contributed by atoms with van der Waals surface area (Å²) < 4.78 is 5.92. The van der Waals surface area contributed by atoms with E-state index in [0.29, 0.717) is 25.7 Å². The van der Waals surface area contributed by atoms with Crippen LogP contribution in [-0.4, -0.2) is 46.9 Å². The van der Waals surface area contributed by atoms with Crippen LogP contribution < -0.4 is 5.32 Å². The van der Waals surface area contributed by atoms with E-state index in [-0.39, 0.29) is 24.9 Å². The molecule has 0 radical (unpaired) electrons. The van der Waals surface area contributed by atoms with Crippen LogP contribution in [0.4, 0.5) is 0 Å². The molecule has 0 aliphatic rings. The fourth-order valence-corrected chi connectivity index (χ4v) is 8.25. The maximum Gasteiger partial charge on any atom is 0.306 e. The number of aliphatic hydroxyl groups is 2. The van der Waals surface area contributed by atoms with Gasteiger partial charge in [0.2, 0.25) is 5.91 Å². The molecule has 0 spiro atoms. The van der Waals surface area contributed by atoms with E-state index in [1.54, 1.807) is 0 Å². The van der Waals surface area contributed by atoms with Crippen LogP contribution in [0.15, 0.2) is 48.6 Å². The van der Waals surface area contributed by atoms with Gasteiger partial charge in [0, 0.05) is 6.42 Å². The van der Waals surface area contributed by atoms with Gasteiger partial charge in [0.05, 0.1) is 25.2 Å². The number of amides is 1. The predicted octanol–water partition coefficient (Wildman–Crippen LogP) is 16.6. The second-order valence-corrected chi connectivity index (χ2v) is 18.6. The summed E-state index contributed by atoms with van der Waals surface area (Å²) in [5.41, 5.74) is 0. The molecule has 6 heteroatoms. The number of rotatable bonds is 49. The van der Waals surface area contributed by atoms with Crippen molar-refractivity contribution in [2.75, 3.05) is 6.61 Å². The van der Waals surface area contributed by atoms with Crippen molar-refractivity contribution >= 4 is 11.9 Å². The summed E-state index contributed by atoms with van der Waals surface area (Å²) in [6, 6.07) is -0.711. The number of allylic oxidation sites excluding steroid dienone is 8. The molecule has 0 aliphatic carbocycles. The summed E-state index contributed by atoms with van der Waals surface area (Å²) in [6.07, 6.45) is 61.7. The van der Waals surface area contributed by atoms with Gasteiger partial charge in [0.15, 0.2) is 0 Å². The number of hydrogen-bond acceptors (Lipinski definition) is 5. The van der Waals surface area contributed by atoms with E-state index >= 15 is 0 Å². The van der Waals surface area contributed by atoms with Crippen LogP contribution in [0.2, 0.25) is 0 Å². The van der Waals surface area contributed by atoms with E-state index in [1.165, 1.54) is 161 Å². The molecular formula is C57H105NO5. The molecule has 0 aromatic rings. The Morgan fingerprint density at radius 3 is 1.22 bits per heavy atom. The van der Waals surface area contributed by atoms with Crippen LogP contribution in [0.5, 0.6) is 0 Å². The number of hydrogen-bond donors (Lipinski definition) is 3. The van der Waals surface area contributed by atoms with Crippen molar-refractivity contribution in [3.63, 3.8) is 0 Å². The summed E-state index contributed by atoms with van der Waals surface area (Å²) in [4.78, 5) is 26.2. The molecule has 0 heterocycles. The van der Waals surface area contributed by atoms with Crippen molar-refractivity contribution in [3.8, 4) is 0 Å². The predicted molar refractivity (Wildman–Crippen MR) is 273 cm³/mol. The molecule has 0 aromatic carbocycles. The van der Waals surface area contributed by atoms with Crippen LogP contribution in [0.25, 0.3) is 0 Å². The lowest BCUT2D eigenvalue weighted by Gasteiger charge is -2.24. The summed E-state index contributed by atoms with van der Waals surface area (Å²) >= 11 is 0. The van der Waals surface area contributed by atoms with Crippen LogP contribution in [0.1, 0.15) is 278 Å². The van der Waals surface area contributed by atoms with E-state index in [0.717, 1.165) is 64.2 Å². The normalized spacial score (nSPS) is 13.5.